The van der Waals surface area contributed by atoms with E-state index in [0.29, 0.717) is 17.6 Å². The molecule has 0 radical (unpaired) electrons. The number of rotatable bonds is 8. The van der Waals surface area contributed by atoms with Crippen LogP contribution >= 0.6 is 0 Å². The first kappa shape index (κ1) is 39.2. The fourth-order valence-electron chi connectivity index (χ4n) is 10.1. The van der Waals surface area contributed by atoms with Crippen molar-refractivity contribution in [3.63, 3.8) is 0 Å². The van der Waals surface area contributed by atoms with Crippen molar-refractivity contribution in [3.8, 4) is 78.9 Å². The van der Waals surface area contributed by atoms with Crippen LogP contribution in [0, 0.1) is 0 Å². The molecule has 0 N–H and O–H groups in total. The highest BCUT2D eigenvalue weighted by molar-refractivity contribution is 6.26. The molecule has 0 saturated carbocycles. The van der Waals surface area contributed by atoms with Crippen molar-refractivity contribution in [1.82, 2.24) is 24.1 Å². The van der Waals surface area contributed by atoms with Gasteiger partial charge in [-0.25, -0.2) is 4.98 Å². The molecule has 0 atom stereocenters. The van der Waals surface area contributed by atoms with Crippen LogP contribution in [0.4, 0.5) is 0 Å². The number of aromatic nitrogens is 5. The second-order valence-electron chi connectivity index (χ2n) is 17.2. The Morgan fingerprint density at radius 1 is 0.250 bits per heavy atom. The Balaban J connectivity index is 1.09. The lowest BCUT2D eigenvalue weighted by Gasteiger charge is -2.19. The van der Waals surface area contributed by atoms with E-state index < -0.39 is 0 Å². The molecule has 318 valence electrons. The van der Waals surface area contributed by atoms with E-state index in [1.54, 1.807) is 0 Å². The fourth-order valence-corrected chi connectivity index (χ4v) is 10.1. The van der Waals surface area contributed by atoms with Gasteiger partial charge >= 0.3 is 0 Å². The molecule has 3 heterocycles. The third-order valence-corrected chi connectivity index (χ3v) is 13.2. The molecule has 0 saturated heterocycles. The van der Waals surface area contributed by atoms with Gasteiger partial charge in [-0.3, -0.25) is 4.57 Å². The predicted molar refractivity (Wildman–Crippen MR) is 281 cm³/mol. The van der Waals surface area contributed by atoms with Gasteiger partial charge in [-0.1, -0.05) is 231 Å². The Morgan fingerprint density at radius 3 is 1.24 bits per heavy atom. The molecule has 0 fully saturated rings. The lowest BCUT2D eigenvalue weighted by molar-refractivity contribution is 0.955. The van der Waals surface area contributed by atoms with Crippen LogP contribution in [-0.2, 0) is 0 Å². The van der Waals surface area contributed by atoms with Crippen molar-refractivity contribution >= 4 is 43.6 Å². The van der Waals surface area contributed by atoms with Crippen LogP contribution < -0.4 is 0 Å². The zero-order valence-electron chi connectivity index (χ0n) is 36.9. The summed E-state index contributed by atoms with van der Waals surface area (Å²) < 4.78 is 4.75. The maximum Gasteiger partial charge on any atom is 0.238 e. The minimum atomic E-state index is 0.556. The molecule has 0 spiro atoms. The third-order valence-electron chi connectivity index (χ3n) is 13.2. The predicted octanol–water partition coefficient (Wildman–Crippen LogP) is 16.1. The first-order valence-corrected chi connectivity index (χ1v) is 23.0. The van der Waals surface area contributed by atoms with Gasteiger partial charge in [0.05, 0.1) is 27.8 Å². The largest absolute Gasteiger partial charge is 0.308 e. The molecule has 5 nitrogen and oxygen atoms in total. The Morgan fingerprint density at radius 2 is 0.662 bits per heavy atom. The third kappa shape index (κ3) is 6.59. The number of nitrogens with zero attached hydrogens (tertiary/aromatic N) is 5. The van der Waals surface area contributed by atoms with E-state index in [1.165, 1.54) is 11.1 Å². The van der Waals surface area contributed by atoms with Crippen LogP contribution in [0.3, 0.4) is 0 Å². The SMILES string of the molecule is c1ccc(-c2ccc(-c3nc(-c4ccccc4)nc(-n4c5ccccc5c5ccc6c(c7ccccc7n6-c6c(-c7ccccc7)cccc6-c6ccc(-c7ccccc7)cc6)c54)n3)cc2)cc1. The Hall–Kier alpha value is -9.19. The number of benzene rings is 10. The zero-order valence-corrected chi connectivity index (χ0v) is 36.9. The van der Waals surface area contributed by atoms with E-state index in [-0.39, 0.29) is 0 Å². The quantitative estimate of drug-likeness (QED) is 0.153. The minimum Gasteiger partial charge on any atom is -0.308 e. The summed E-state index contributed by atoms with van der Waals surface area (Å²) in [5.41, 5.74) is 16.5. The molecule has 0 aliphatic carbocycles. The summed E-state index contributed by atoms with van der Waals surface area (Å²) in [7, 11) is 0. The smallest absolute Gasteiger partial charge is 0.238 e. The van der Waals surface area contributed by atoms with Gasteiger partial charge in [-0.15, -0.1) is 0 Å². The summed E-state index contributed by atoms with van der Waals surface area (Å²) >= 11 is 0. The lowest BCUT2D eigenvalue weighted by atomic mass is 9.94. The van der Waals surface area contributed by atoms with Crippen LogP contribution in [0.2, 0.25) is 0 Å². The molecule has 5 heteroatoms. The minimum absolute atomic E-state index is 0.556. The van der Waals surface area contributed by atoms with E-state index in [9.17, 15) is 0 Å². The first-order valence-electron chi connectivity index (χ1n) is 23.0. The number of para-hydroxylation sites is 3. The second kappa shape index (κ2) is 16.4. The first-order chi connectivity index (χ1) is 33.7. The van der Waals surface area contributed by atoms with Crippen molar-refractivity contribution in [2.24, 2.45) is 0 Å². The van der Waals surface area contributed by atoms with Crippen LogP contribution in [0.1, 0.15) is 0 Å². The average Bonchev–Trinajstić information content (AvgIpc) is 3.94. The summed E-state index contributed by atoms with van der Waals surface area (Å²) in [6, 6.07) is 88.3. The molecule has 0 amide bonds. The average molecular weight is 868 g/mol. The molecular weight excluding hydrogens is 827 g/mol. The Kier molecular flexibility index (Phi) is 9.43. The molecule has 10 aromatic carbocycles. The van der Waals surface area contributed by atoms with Crippen molar-refractivity contribution in [3.05, 3.63) is 249 Å². The number of fused-ring (bicyclic) bond motifs is 7. The summed E-state index contributed by atoms with van der Waals surface area (Å²) in [6.07, 6.45) is 0. The maximum absolute atomic E-state index is 5.40. The molecule has 3 aromatic heterocycles. The van der Waals surface area contributed by atoms with Crippen LogP contribution in [0.5, 0.6) is 0 Å². The fraction of sp³-hybridized carbons (Fsp3) is 0. The molecule has 0 bridgehead atoms. The van der Waals surface area contributed by atoms with Gasteiger partial charge in [0.25, 0.3) is 0 Å². The van der Waals surface area contributed by atoms with Gasteiger partial charge in [0.2, 0.25) is 5.95 Å². The van der Waals surface area contributed by atoms with Gasteiger partial charge in [0.15, 0.2) is 11.6 Å². The molecular formula is C63H41N5. The van der Waals surface area contributed by atoms with E-state index in [2.05, 4.69) is 234 Å². The van der Waals surface area contributed by atoms with Gasteiger partial charge in [-0.05, 0) is 51.6 Å². The van der Waals surface area contributed by atoms with E-state index in [1.807, 2.05) is 24.3 Å². The van der Waals surface area contributed by atoms with E-state index >= 15 is 0 Å². The summed E-state index contributed by atoms with van der Waals surface area (Å²) in [5.74, 6) is 1.77. The van der Waals surface area contributed by atoms with Gasteiger partial charge in [-0.2, -0.15) is 9.97 Å². The highest BCUT2D eigenvalue weighted by atomic mass is 15.2. The normalized spacial score (nSPS) is 11.5. The van der Waals surface area contributed by atoms with Crippen molar-refractivity contribution in [2.75, 3.05) is 0 Å². The van der Waals surface area contributed by atoms with Crippen molar-refractivity contribution in [1.29, 1.82) is 0 Å². The lowest BCUT2D eigenvalue weighted by Crippen LogP contribution is -2.06. The number of hydrogen-bond donors (Lipinski definition) is 0. The van der Waals surface area contributed by atoms with Crippen LogP contribution in [0.15, 0.2) is 249 Å². The van der Waals surface area contributed by atoms with Gasteiger partial charge < -0.3 is 4.57 Å². The van der Waals surface area contributed by atoms with Gasteiger partial charge in [0.1, 0.15) is 0 Å². The molecule has 0 aliphatic heterocycles. The van der Waals surface area contributed by atoms with E-state index in [4.69, 9.17) is 15.0 Å². The van der Waals surface area contributed by atoms with Crippen LogP contribution in [-0.4, -0.2) is 24.1 Å². The van der Waals surface area contributed by atoms with Crippen molar-refractivity contribution in [2.45, 2.75) is 0 Å². The molecule has 68 heavy (non-hydrogen) atoms. The van der Waals surface area contributed by atoms with Crippen molar-refractivity contribution < 1.29 is 0 Å². The summed E-state index contributed by atoms with van der Waals surface area (Å²) in [5, 5.41) is 4.51. The molecule has 13 aromatic rings. The second-order valence-corrected chi connectivity index (χ2v) is 17.2. The Labute approximate surface area is 393 Å². The monoisotopic (exact) mass is 867 g/mol. The van der Waals surface area contributed by atoms with E-state index in [0.717, 1.165) is 93.8 Å². The highest BCUT2D eigenvalue weighted by Crippen LogP contribution is 2.45. The topological polar surface area (TPSA) is 48.5 Å². The molecule has 0 unspecified atom stereocenters. The zero-order chi connectivity index (χ0) is 45.0. The maximum atomic E-state index is 5.40. The van der Waals surface area contributed by atoms with Gasteiger partial charge in [0, 0.05) is 43.8 Å². The highest BCUT2D eigenvalue weighted by Gasteiger charge is 2.25. The Bertz CT molecular complexity index is 3970. The standard InChI is InChI=1S/C63H41N5/c1-5-18-42(19-6-1)44-32-36-47(37-33-44)51-29-17-28-50(46-22-9-3-10-23-46)59(51)67-56-31-16-14-27-54(56)58-57(67)41-40-53-52-26-13-15-30-55(52)68(60(53)58)63-65-61(48-24-11-4-12-25-48)64-62(66-63)49-38-34-45(35-39-49)43-20-7-2-8-21-43/h1-41H. The summed E-state index contributed by atoms with van der Waals surface area (Å²) in [4.78, 5) is 15.9. The van der Waals surface area contributed by atoms with Crippen LogP contribution in [0.25, 0.3) is 123 Å². The summed E-state index contributed by atoms with van der Waals surface area (Å²) in [6.45, 7) is 0. The molecule has 13 rings (SSSR count). The number of hydrogen-bond acceptors (Lipinski definition) is 3. The molecule has 0 aliphatic rings.